The third-order valence-corrected chi connectivity index (χ3v) is 2.62. The molecule has 1 rings (SSSR count). The van der Waals surface area contributed by atoms with E-state index in [1.807, 2.05) is 5.38 Å². The first kappa shape index (κ1) is 11.0. The molecule has 0 saturated heterocycles. The average molecular weight is 213 g/mol. The van der Waals surface area contributed by atoms with Crippen LogP contribution in [0.1, 0.15) is 23.5 Å². The standard InChI is InChI=1S/C10H15NO2S/c1-7(2)6-11-10(12)9-8(13-3)4-5-14-9/h4-5,7H,6H2,1-3H3,(H,11,12). The van der Waals surface area contributed by atoms with E-state index < -0.39 is 0 Å². The molecular weight excluding hydrogens is 198 g/mol. The van der Waals surface area contributed by atoms with Gasteiger partial charge in [0.05, 0.1) is 7.11 Å². The summed E-state index contributed by atoms with van der Waals surface area (Å²) < 4.78 is 5.06. The highest BCUT2D eigenvalue weighted by Crippen LogP contribution is 2.23. The first-order valence-electron chi connectivity index (χ1n) is 4.54. The molecule has 4 heteroatoms. The van der Waals surface area contributed by atoms with Crippen molar-refractivity contribution in [3.63, 3.8) is 0 Å². The van der Waals surface area contributed by atoms with Gasteiger partial charge in [0.25, 0.3) is 5.91 Å². The first-order valence-corrected chi connectivity index (χ1v) is 5.42. The summed E-state index contributed by atoms with van der Waals surface area (Å²) in [4.78, 5) is 12.3. The number of rotatable bonds is 4. The number of hydrogen-bond donors (Lipinski definition) is 1. The fraction of sp³-hybridized carbons (Fsp3) is 0.500. The maximum atomic E-state index is 11.6. The third-order valence-electron chi connectivity index (χ3n) is 1.73. The normalized spacial score (nSPS) is 10.3. The van der Waals surface area contributed by atoms with Crippen molar-refractivity contribution in [2.24, 2.45) is 5.92 Å². The maximum Gasteiger partial charge on any atom is 0.265 e. The van der Waals surface area contributed by atoms with Gasteiger partial charge in [0, 0.05) is 6.54 Å². The molecule has 1 N–H and O–H groups in total. The summed E-state index contributed by atoms with van der Waals surface area (Å²) in [6.45, 7) is 4.82. The highest BCUT2D eigenvalue weighted by Gasteiger charge is 2.13. The van der Waals surface area contributed by atoms with Gasteiger partial charge in [-0.1, -0.05) is 13.8 Å². The lowest BCUT2D eigenvalue weighted by atomic mass is 10.2. The molecule has 0 saturated carbocycles. The molecule has 78 valence electrons. The van der Waals surface area contributed by atoms with Crippen LogP contribution in [0.2, 0.25) is 0 Å². The van der Waals surface area contributed by atoms with Crippen LogP contribution in [0.5, 0.6) is 5.75 Å². The van der Waals surface area contributed by atoms with Crippen molar-refractivity contribution in [1.29, 1.82) is 0 Å². The van der Waals surface area contributed by atoms with E-state index in [9.17, 15) is 4.79 Å². The zero-order chi connectivity index (χ0) is 10.6. The predicted molar refractivity (Wildman–Crippen MR) is 58.0 cm³/mol. The minimum atomic E-state index is -0.0504. The van der Waals surface area contributed by atoms with E-state index in [1.54, 1.807) is 13.2 Å². The molecule has 3 nitrogen and oxygen atoms in total. The van der Waals surface area contributed by atoms with E-state index >= 15 is 0 Å². The molecule has 0 aliphatic carbocycles. The Hall–Kier alpha value is -1.03. The molecule has 1 amide bonds. The number of carbonyl (C=O) groups excluding carboxylic acids is 1. The van der Waals surface area contributed by atoms with Crippen LogP contribution in [0, 0.1) is 5.92 Å². The maximum absolute atomic E-state index is 11.6. The molecule has 1 aromatic rings. The minimum absolute atomic E-state index is 0.0504. The van der Waals surface area contributed by atoms with Crippen LogP contribution in [0.25, 0.3) is 0 Å². The lowest BCUT2D eigenvalue weighted by Crippen LogP contribution is -2.26. The Kier molecular flexibility index (Phi) is 3.95. The molecule has 0 bridgehead atoms. The van der Waals surface area contributed by atoms with Crippen LogP contribution in [0.15, 0.2) is 11.4 Å². The second-order valence-electron chi connectivity index (χ2n) is 3.42. The van der Waals surface area contributed by atoms with Gasteiger partial charge in [-0.2, -0.15) is 0 Å². The summed E-state index contributed by atoms with van der Waals surface area (Å²) in [5.41, 5.74) is 0. The molecular formula is C10H15NO2S. The topological polar surface area (TPSA) is 38.3 Å². The lowest BCUT2D eigenvalue weighted by Gasteiger charge is -2.07. The van der Waals surface area contributed by atoms with Crippen LogP contribution >= 0.6 is 11.3 Å². The summed E-state index contributed by atoms with van der Waals surface area (Å²) in [5.74, 6) is 1.06. The predicted octanol–water partition coefficient (Wildman–Crippen LogP) is 2.14. The van der Waals surface area contributed by atoms with Gasteiger partial charge in [0.1, 0.15) is 10.6 Å². The number of amides is 1. The summed E-state index contributed by atoms with van der Waals surface area (Å²) >= 11 is 1.40. The molecule has 0 unspecified atom stereocenters. The van der Waals surface area contributed by atoms with Crippen molar-refractivity contribution in [2.45, 2.75) is 13.8 Å². The van der Waals surface area contributed by atoms with Crippen LogP contribution in [-0.4, -0.2) is 19.6 Å². The van der Waals surface area contributed by atoms with Crippen LogP contribution < -0.4 is 10.1 Å². The molecule has 1 aromatic heterocycles. The van der Waals surface area contributed by atoms with Gasteiger partial charge in [-0.15, -0.1) is 11.3 Å². The number of carbonyl (C=O) groups is 1. The van der Waals surface area contributed by atoms with Crippen LogP contribution in [-0.2, 0) is 0 Å². The number of methoxy groups -OCH3 is 1. The van der Waals surface area contributed by atoms with Gasteiger partial charge in [-0.25, -0.2) is 0 Å². The molecule has 0 aliphatic heterocycles. The van der Waals surface area contributed by atoms with Crippen molar-refractivity contribution in [1.82, 2.24) is 5.32 Å². The van der Waals surface area contributed by atoms with E-state index in [2.05, 4.69) is 19.2 Å². The number of thiophene rings is 1. The van der Waals surface area contributed by atoms with Crippen molar-refractivity contribution < 1.29 is 9.53 Å². The second-order valence-corrected chi connectivity index (χ2v) is 4.34. The van der Waals surface area contributed by atoms with Gasteiger partial charge in [0.15, 0.2) is 0 Å². The van der Waals surface area contributed by atoms with Crippen molar-refractivity contribution in [3.05, 3.63) is 16.3 Å². The van der Waals surface area contributed by atoms with E-state index in [1.165, 1.54) is 11.3 Å². The number of nitrogens with one attached hydrogen (secondary N) is 1. The van der Waals surface area contributed by atoms with Gasteiger partial charge >= 0.3 is 0 Å². The highest BCUT2D eigenvalue weighted by molar-refractivity contribution is 7.12. The quantitative estimate of drug-likeness (QED) is 0.832. The molecule has 0 spiro atoms. The Morgan fingerprint density at radius 1 is 1.64 bits per heavy atom. The molecule has 1 heterocycles. The van der Waals surface area contributed by atoms with Gasteiger partial charge < -0.3 is 10.1 Å². The van der Waals surface area contributed by atoms with E-state index in [-0.39, 0.29) is 5.91 Å². The number of ether oxygens (including phenoxy) is 1. The Labute approximate surface area is 88.1 Å². The zero-order valence-corrected chi connectivity index (χ0v) is 9.48. The smallest absolute Gasteiger partial charge is 0.265 e. The summed E-state index contributed by atoms with van der Waals surface area (Å²) in [5, 5.41) is 4.70. The average Bonchev–Trinajstić information content (AvgIpc) is 2.61. The Morgan fingerprint density at radius 3 is 2.93 bits per heavy atom. The van der Waals surface area contributed by atoms with Crippen molar-refractivity contribution in [2.75, 3.05) is 13.7 Å². The van der Waals surface area contributed by atoms with E-state index in [0.29, 0.717) is 23.1 Å². The molecule has 0 aliphatic rings. The number of hydrogen-bond acceptors (Lipinski definition) is 3. The van der Waals surface area contributed by atoms with Crippen molar-refractivity contribution in [3.8, 4) is 5.75 Å². The van der Waals surface area contributed by atoms with Gasteiger partial charge in [-0.05, 0) is 17.4 Å². The third kappa shape index (κ3) is 2.73. The van der Waals surface area contributed by atoms with Crippen molar-refractivity contribution >= 4 is 17.2 Å². The molecule has 0 fully saturated rings. The van der Waals surface area contributed by atoms with E-state index in [0.717, 1.165) is 0 Å². The van der Waals surface area contributed by atoms with Crippen LogP contribution in [0.3, 0.4) is 0 Å². The molecule has 0 atom stereocenters. The van der Waals surface area contributed by atoms with Gasteiger partial charge in [-0.3, -0.25) is 4.79 Å². The largest absolute Gasteiger partial charge is 0.495 e. The second kappa shape index (κ2) is 5.00. The molecule has 0 aromatic carbocycles. The molecule has 0 radical (unpaired) electrons. The zero-order valence-electron chi connectivity index (χ0n) is 8.66. The fourth-order valence-corrected chi connectivity index (χ4v) is 1.78. The van der Waals surface area contributed by atoms with Crippen LogP contribution in [0.4, 0.5) is 0 Å². The molecule has 14 heavy (non-hydrogen) atoms. The highest BCUT2D eigenvalue weighted by atomic mass is 32.1. The lowest BCUT2D eigenvalue weighted by molar-refractivity contribution is 0.0950. The Morgan fingerprint density at radius 2 is 2.36 bits per heavy atom. The Bertz CT molecular complexity index is 307. The fourth-order valence-electron chi connectivity index (χ4n) is 1.00. The monoisotopic (exact) mass is 213 g/mol. The van der Waals surface area contributed by atoms with E-state index in [4.69, 9.17) is 4.74 Å². The van der Waals surface area contributed by atoms with Gasteiger partial charge in [0.2, 0.25) is 0 Å². The summed E-state index contributed by atoms with van der Waals surface area (Å²) in [7, 11) is 1.57. The summed E-state index contributed by atoms with van der Waals surface area (Å²) in [6, 6.07) is 1.80. The summed E-state index contributed by atoms with van der Waals surface area (Å²) in [6.07, 6.45) is 0. The minimum Gasteiger partial charge on any atom is -0.495 e. The Balaban J connectivity index is 2.60. The first-order chi connectivity index (χ1) is 6.65. The SMILES string of the molecule is COc1ccsc1C(=O)NCC(C)C.